The highest BCUT2D eigenvalue weighted by Crippen LogP contribution is 2.67. The summed E-state index contributed by atoms with van der Waals surface area (Å²) in [7, 11) is 0. The Morgan fingerprint density at radius 1 is 1.17 bits per heavy atom. The van der Waals surface area contributed by atoms with Gasteiger partial charge in [0.15, 0.2) is 0 Å². The third kappa shape index (κ3) is 3.95. The molecular weight excluding hydrogens is 498 g/mol. The van der Waals surface area contributed by atoms with E-state index in [0.29, 0.717) is 47.4 Å². The minimum Gasteiger partial charge on any atom is -0.481 e. The molecule has 7 unspecified atom stereocenters. The Kier molecular flexibility index (Phi) is 6.70. The molecule has 0 spiro atoms. The number of carboxylic acid groups (broad SMARTS) is 1. The highest BCUT2D eigenvalue weighted by Gasteiger charge is 2.62. The van der Waals surface area contributed by atoms with Crippen LogP contribution in [-0.4, -0.2) is 23.0 Å². The lowest BCUT2D eigenvalue weighted by Crippen LogP contribution is -2.57. The highest BCUT2D eigenvalue weighted by molar-refractivity contribution is 14.2. The zero-order chi connectivity index (χ0) is 20.8. The van der Waals surface area contributed by atoms with Gasteiger partial charge in [0.1, 0.15) is 5.78 Å². The lowest BCUT2D eigenvalue weighted by molar-refractivity contribution is -0.159. The number of halogens is 1. The maximum atomic E-state index is 13.5. The molecule has 9 atom stereocenters. The van der Waals surface area contributed by atoms with Gasteiger partial charge < -0.3 is 9.63 Å². The summed E-state index contributed by atoms with van der Waals surface area (Å²) in [5.41, 5.74) is 0.538. The predicted molar refractivity (Wildman–Crippen MR) is 124 cm³/mol. The van der Waals surface area contributed by atoms with Crippen molar-refractivity contribution < 1.29 is 19.2 Å². The number of carbonyl (C=O) groups excluding carboxylic acids is 1. The van der Waals surface area contributed by atoms with E-state index in [1.165, 1.54) is 32.1 Å². The highest BCUT2D eigenvalue weighted by atomic mass is 127. The van der Waals surface area contributed by atoms with E-state index in [9.17, 15) is 9.59 Å². The van der Waals surface area contributed by atoms with Gasteiger partial charge in [-0.15, -0.1) is 0 Å². The van der Waals surface area contributed by atoms with Crippen molar-refractivity contribution in [3.05, 3.63) is 0 Å². The van der Waals surface area contributed by atoms with Crippen LogP contribution in [0.4, 0.5) is 0 Å². The van der Waals surface area contributed by atoms with E-state index >= 15 is 0 Å². The van der Waals surface area contributed by atoms with Gasteiger partial charge in [0.2, 0.25) is 0 Å². The molecule has 4 nitrogen and oxygen atoms in total. The molecule has 29 heavy (non-hydrogen) atoms. The van der Waals surface area contributed by atoms with E-state index in [1.54, 1.807) is 0 Å². The average molecular weight is 534 g/mol. The maximum Gasteiger partial charge on any atom is 0.303 e. The van der Waals surface area contributed by atoms with Gasteiger partial charge in [-0.1, -0.05) is 13.8 Å². The van der Waals surface area contributed by atoms with E-state index < -0.39 is 5.97 Å². The summed E-state index contributed by atoms with van der Waals surface area (Å²) < 4.78 is 5.96. The van der Waals surface area contributed by atoms with Crippen molar-refractivity contribution in [2.24, 2.45) is 40.4 Å². The molecule has 0 aromatic carbocycles. The van der Waals surface area contributed by atoms with Gasteiger partial charge in [-0.25, -0.2) is 0 Å². The number of Topliss-reactive ketones (excluding diaryl/α,β-unsaturated/α-hetero) is 1. The molecule has 4 saturated carbocycles. The van der Waals surface area contributed by atoms with Crippen LogP contribution in [0.5, 0.6) is 0 Å². The lowest BCUT2D eigenvalue weighted by atomic mass is 9.44. The van der Waals surface area contributed by atoms with Crippen molar-refractivity contribution in [3.63, 3.8) is 0 Å². The van der Waals surface area contributed by atoms with E-state index in [0.717, 1.165) is 32.1 Å². The van der Waals surface area contributed by atoms with Crippen LogP contribution in [0.2, 0.25) is 0 Å². The van der Waals surface area contributed by atoms with Crippen molar-refractivity contribution in [2.45, 2.75) is 90.6 Å². The smallest absolute Gasteiger partial charge is 0.303 e. The molecule has 0 aromatic rings. The van der Waals surface area contributed by atoms with Crippen molar-refractivity contribution in [2.75, 3.05) is 0 Å². The van der Waals surface area contributed by atoms with Crippen molar-refractivity contribution in [1.29, 1.82) is 0 Å². The number of carbonyl (C=O) groups is 2. The van der Waals surface area contributed by atoms with Crippen LogP contribution in [0, 0.1) is 40.4 Å². The quantitative estimate of drug-likeness (QED) is 0.316. The molecule has 6 heteroatoms. The maximum absolute atomic E-state index is 13.5. The van der Waals surface area contributed by atoms with Gasteiger partial charge in [0.05, 0.1) is 12.6 Å². The molecule has 0 radical (unpaired) electrons. The summed E-state index contributed by atoms with van der Waals surface area (Å²) in [6.07, 6.45) is 11.4. The standard InChI is InChI=1S/C23H36IO4P/c1-22-11-9-18-21(17(22)7-6-14(22)4-3-5-20(26)27)19(25)13-15-12-16(28-29-24)8-10-23(15,18)2/h14-18,21,29H,3-13H2,1-2H3,(H,26,27)/t14-,15?,16+,17?,18?,21?,22?,23?/m0/s1. The molecule has 4 rings (SSSR count). The summed E-state index contributed by atoms with van der Waals surface area (Å²) >= 11 is 2.31. The van der Waals surface area contributed by atoms with Gasteiger partial charge in [-0.2, -0.15) is 0 Å². The van der Waals surface area contributed by atoms with Crippen LogP contribution in [0.25, 0.3) is 0 Å². The molecule has 4 aliphatic carbocycles. The van der Waals surface area contributed by atoms with Gasteiger partial charge in [0.25, 0.3) is 0 Å². The summed E-state index contributed by atoms with van der Waals surface area (Å²) in [5.74, 6) is 2.27. The fourth-order valence-electron chi connectivity index (χ4n) is 8.15. The zero-order valence-corrected chi connectivity index (χ0v) is 20.9. The topological polar surface area (TPSA) is 63.6 Å². The summed E-state index contributed by atoms with van der Waals surface area (Å²) in [6, 6.07) is 0. The van der Waals surface area contributed by atoms with Crippen molar-refractivity contribution in [1.82, 2.24) is 0 Å². The number of rotatable bonds is 6. The molecule has 0 saturated heterocycles. The second-order valence-electron chi connectivity index (χ2n) is 10.8. The monoisotopic (exact) mass is 534 g/mol. The van der Waals surface area contributed by atoms with Crippen LogP contribution in [0.3, 0.4) is 0 Å². The summed E-state index contributed by atoms with van der Waals surface area (Å²) in [6.45, 7) is 5.44. The summed E-state index contributed by atoms with van der Waals surface area (Å²) in [4.78, 5) is 24.4. The molecule has 0 aromatic heterocycles. The first-order valence-electron chi connectivity index (χ1n) is 11.6. The van der Waals surface area contributed by atoms with Gasteiger partial charge in [-0.05, 0) is 114 Å². The molecule has 0 aliphatic heterocycles. The Hall–Kier alpha value is 0.260. The lowest BCUT2D eigenvalue weighted by Gasteiger charge is -2.60. The first kappa shape index (κ1) is 22.5. The molecule has 4 fully saturated rings. The Balaban J connectivity index is 1.50. The van der Waals surface area contributed by atoms with E-state index in [2.05, 4.69) is 35.9 Å². The van der Waals surface area contributed by atoms with Crippen LogP contribution in [-0.2, 0) is 14.1 Å². The van der Waals surface area contributed by atoms with Crippen LogP contribution in [0.15, 0.2) is 0 Å². The average Bonchev–Trinajstić information content (AvgIpc) is 2.99. The van der Waals surface area contributed by atoms with Crippen LogP contribution < -0.4 is 0 Å². The van der Waals surface area contributed by atoms with Crippen LogP contribution in [0.1, 0.15) is 84.5 Å². The molecule has 0 bridgehead atoms. The van der Waals surface area contributed by atoms with Crippen molar-refractivity contribution >= 4 is 40.2 Å². The SMILES string of the molecule is CC12CC[C@@H](OPI)CC1CC(=O)C1C2CCC2(C)C1CC[C@@H]2CCCC(=O)O. The molecule has 4 aliphatic rings. The fourth-order valence-corrected chi connectivity index (χ4v) is 9.56. The van der Waals surface area contributed by atoms with E-state index in [1.807, 2.05) is 0 Å². The number of aliphatic carboxylic acids is 1. The third-order valence-corrected chi connectivity index (χ3v) is 11.0. The van der Waals surface area contributed by atoms with Crippen LogP contribution >= 0.6 is 28.5 Å². The normalized spacial score (nSPS) is 47.1. The Labute approximate surface area is 190 Å². The largest absolute Gasteiger partial charge is 0.481 e. The predicted octanol–water partition coefficient (Wildman–Crippen LogP) is 6.41. The van der Waals surface area contributed by atoms with Gasteiger partial charge in [-0.3, -0.25) is 9.59 Å². The number of hydrogen-bond acceptors (Lipinski definition) is 3. The number of fused-ring (bicyclic) bond motifs is 5. The first-order valence-corrected chi connectivity index (χ1v) is 15.6. The Morgan fingerprint density at radius 2 is 1.90 bits per heavy atom. The second-order valence-corrected chi connectivity index (χ2v) is 12.5. The number of ketones is 1. The minimum atomic E-state index is -0.683. The van der Waals surface area contributed by atoms with Gasteiger partial charge in [0, 0.05) is 18.8 Å². The Morgan fingerprint density at radius 3 is 2.62 bits per heavy atom. The second kappa shape index (κ2) is 8.65. The zero-order valence-electron chi connectivity index (χ0n) is 17.8. The summed E-state index contributed by atoms with van der Waals surface area (Å²) in [5, 5.41) is 9.01. The number of hydrogen-bond donors (Lipinski definition) is 1. The van der Waals surface area contributed by atoms with E-state index in [4.69, 9.17) is 9.63 Å². The fraction of sp³-hybridized carbons (Fsp3) is 0.913. The van der Waals surface area contributed by atoms with Crippen molar-refractivity contribution in [3.8, 4) is 0 Å². The molecule has 0 amide bonds. The van der Waals surface area contributed by atoms with Gasteiger partial charge >= 0.3 is 5.97 Å². The third-order valence-electron chi connectivity index (χ3n) is 9.77. The molecule has 164 valence electrons. The Bertz CT molecular complexity index is 657. The first-order chi connectivity index (χ1) is 13.8. The molecular formula is C23H36IO4P. The number of carboxylic acids is 1. The van der Waals surface area contributed by atoms with E-state index in [-0.39, 0.29) is 17.8 Å². The molecule has 1 N–H and O–H groups in total. The minimum absolute atomic E-state index is 0.237. The molecule has 0 heterocycles.